The number of hydrogen-bond donors (Lipinski definition) is 2. The van der Waals surface area contributed by atoms with Crippen LogP contribution in [-0.2, 0) is 4.79 Å². The van der Waals surface area contributed by atoms with Crippen molar-refractivity contribution >= 4 is 5.97 Å². The first-order valence-corrected chi connectivity index (χ1v) is 8.61. The molecule has 0 bridgehead atoms. The van der Waals surface area contributed by atoms with Crippen molar-refractivity contribution in [3.63, 3.8) is 0 Å². The van der Waals surface area contributed by atoms with Crippen LogP contribution in [0.5, 0.6) is 0 Å². The average Bonchev–Trinajstić information content (AvgIpc) is 2.46. The molecule has 0 unspecified atom stereocenters. The Morgan fingerprint density at radius 3 is 2.00 bits per heavy atom. The van der Waals surface area contributed by atoms with Crippen molar-refractivity contribution < 1.29 is 9.90 Å². The van der Waals surface area contributed by atoms with Crippen LogP contribution in [-0.4, -0.2) is 17.6 Å². The molecule has 0 spiro atoms. The highest BCUT2D eigenvalue weighted by Crippen LogP contribution is 2.12. The summed E-state index contributed by atoms with van der Waals surface area (Å²) in [5.41, 5.74) is 10.4. The van der Waals surface area contributed by atoms with Crippen LogP contribution in [0.15, 0.2) is 58.7 Å². The number of carboxylic acids is 1. The van der Waals surface area contributed by atoms with Crippen LogP contribution in [0.2, 0.25) is 0 Å². The van der Waals surface area contributed by atoms with Crippen LogP contribution < -0.4 is 5.73 Å². The number of rotatable bonds is 11. The minimum absolute atomic E-state index is 0.725. The molecule has 0 saturated heterocycles. The Balaban J connectivity index is 4.19. The molecule has 0 amide bonds. The van der Waals surface area contributed by atoms with E-state index < -0.39 is 5.97 Å². The molecule has 3 N–H and O–H groups in total. The van der Waals surface area contributed by atoms with Gasteiger partial charge in [0.1, 0.15) is 0 Å². The largest absolute Gasteiger partial charge is 0.478 e. The maximum absolute atomic E-state index is 10.5. The van der Waals surface area contributed by atoms with Gasteiger partial charge in [-0.05, 0) is 71.9 Å². The molecule has 0 fully saturated rings. The Morgan fingerprint density at radius 2 is 1.46 bits per heavy atom. The molecule has 3 heteroatoms. The van der Waals surface area contributed by atoms with Crippen LogP contribution in [0.4, 0.5) is 0 Å². The predicted molar refractivity (Wildman–Crippen MR) is 104 cm³/mol. The number of carbonyl (C=O) groups is 1. The second-order valence-electron chi connectivity index (χ2n) is 6.32. The lowest BCUT2D eigenvalue weighted by Crippen LogP contribution is -1.98. The van der Waals surface area contributed by atoms with E-state index in [4.69, 9.17) is 10.8 Å². The van der Waals surface area contributed by atoms with E-state index in [9.17, 15) is 4.79 Å². The summed E-state index contributed by atoms with van der Waals surface area (Å²) in [5.74, 6) is -0.911. The molecule has 0 aliphatic rings. The summed E-state index contributed by atoms with van der Waals surface area (Å²) in [7, 11) is 0. The molecule has 0 saturated carbocycles. The van der Waals surface area contributed by atoms with E-state index in [2.05, 4.69) is 32.9 Å². The van der Waals surface area contributed by atoms with Crippen molar-refractivity contribution in [1.29, 1.82) is 0 Å². The highest BCUT2D eigenvalue weighted by molar-refractivity contribution is 5.81. The minimum atomic E-state index is -0.911. The summed E-state index contributed by atoms with van der Waals surface area (Å²) in [6, 6.07) is 0. The monoisotopic (exact) mass is 331 g/mol. The highest BCUT2D eigenvalue weighted by atomic mass is 16.4. The van der Waals surface area contributed by atoms with E-state index in [1.165, 1.54) is 22.8 Å². The van der Waals surface area contributed by atoms with Crippen molar-refractivity contribution in [3.05, 3.63) is 58.7 Å². The molecule has 0 atom stereocenters. The van der Waals surface area contributed by atoms with E-state index in [0.29, 0.717) is 0 Å². The lowest BCUT2D eigenvalue weighted by atomic mass is 10.1. The van der Waals surface area contributed by atoms with E-state index in [1.807, 2.05) is 18.2 Å². The Hall–Kier alpha value is -1.87. The second kappa shape index (κ2) is 13.6. The van der Waals surface area contributed by atoms with Gasteiger partial charge in [-0.3, -0.25) is 0 Å². The van der Waals surface area contributed by atoms with Gasteiger partial charge in [0, 0.05) is 6.08 Å². The van der Waals surface area contributed by atoms with E-state index >= 15 is 0 Å². The van der Waals surface area contributed by atoms with Crippen molar-refractivity contribution in [2.45, 2.75) is 59.8 Å². The molecule has 134 valence electrons. The topological polar surface area (TPSA) is 63.3 Å². The predicted octanol–water partition coefficient (Wildman–Crippen LogP) is 5.32. The van der Waals surface area contributed by atoms with Crippen LogP contribution >= 0.6 is 0 Å². The van der Waals surface area contributed by atoms with Crippen molar-refractivity contribution in [3.8, 4) is 0 Å². The van der Waals surface area contributed by atoms with Gasteiger partial charge in [0.2, 0.25) is 0 Å². The molecular formula is C21H33NO2. The van der Waals surface area contributed by atoms with Crippen LogP contribution in [0.1, 0.15) is 59.8 Å². The lowest BCUT2D eigenvalue weighted by molar-refractivity contribution is -0.131. The molecule has 3 nitrogen and oxygen atoms in total. The zero-order valence-corrected chi connectivity index (χ0v) is 15.6. The number of carboxylic acid groups (broad SMARTS) is 1. The summed E-state index contributed by atoms with van der Waals surface area (Å²) in [6.45, 7) is 8.93. The van der Waals surface area contributed by atoms with Gasteiger partial charge >= 0.3 is 5.97 Å². The third-order valence-corrected chi connectivity index (χ3v) is 3.69. The Bertz CT molecular complexity index is 534. The number of hydrogen-bond acceptors (Lipinski definition) is 2. The molecule has 0 rings (SSSR count). The summed E-state index contributed by atoms with van der Waals surface area (Å²) in [5, 5.41) is 8.64. The normalized spacial score (nSPS) is 14.5. The molecule has 0 heterocycles. The maximum Gasteiger partial charge on any atom is 0.328 e. The molecule has 0 aromatic carbocycles. The molecule has 24 heavy (non-hydrogen) atoms. The highest BCUT2D eigenvalue weighted by Gasteiger charge is 1.93. The Kier molecular flexibility index (Phi) is 12.5. The van der Waals surface area contributed by atoms with Gasteiger partial charge in [0.25, 0.3) is 0 Å². The fourth-order valence-electron chi connectivity index (χ4n) is 2.21. The van der Waals surface area contributed by atoms with Gasteiger partial charge in [-0.2, -0.15) is 0 Å². The Morgan fingerprint density at radius 1 is 0.917 bits per heavy atom. The first kappa shape index (κ1) is 22.1. The van der Waals surface area contributed by atoms with E-state index in [0.717, 1.165) is 44.2 Å². The standard InChI is InChI=1S/C21H33NO2/c1-17(10-6-12-19(3)14-15-22)8-5-9-18(2)11-7-13-20(4)16-21(23)24/h7-8,11-13,16H,5-6,9-10,14-15,22H2,1-4H3,(H,23,24)/b13-7+,17-8+,18-11+,19-12+,20-16+. The summed E-state index contributed by atoms with van der Waals surface area (Å²) < 4.78 is 0. The molecule has 0 aliphatic heterocycles. The SMILES string of the molecule is CC(/C=C/C=C(\C)CC/C=C(\C)CC/C=C(\C)CCN)=C\C(=O)O. The van der Waals surface area contributed by atoms with Crippen LogP contribution in [0.3, 0.4) is 0 Å². The van der Waals surface area contributed by atoms with Crippen molar-refractivity contribution in [1.82, 2.24) is 0 Å². The maximum atomic E-state index is 10.5. The van der Waals surface area contributed by atoms with Crippen LogP contribution in [0, 0.1) is 0 Å². The first-order valence-electron chi connectivity index (χ1n) is 8.61. The first-order chi connectivity index (χ1) is 11.3. The summed E-state index contributed by atoms with van der Waals surface area (Å²) in [6.07, 6.45) is 16.8. The average molecular weight is 332 g/mol. The smallest absolute Gasteiger partial charge is 0.328 e. The Labute approximate surface area is 147 Å². The third-order valence-electron chi connectivity index (χ3n) is 3.69. The summed E-state index contributed by atoms with van der Waals surface area (Å²) in [4.78, 5) is 10.5. The van der Waals surface area contributed by atoms with E-state index in [-0.39, 0.29) is 0 Å². The fourth-order valence-corrected chi connectivity index (χ4v) is 2.21. The van der Waals surface area contributed by atoms with Gasteiger partial charge < -0.3 is 10.8 Å². The molecule has 0 aliphatic carbocycles. The molecule has 0 aromatic rings. The zero-order valence-electron chi connectivity index (χ0n) is 15.6. The lowest BCUT2D eigenvalue weighted by Gasteiger charge is -2.02. The number of nitrogens with two attached hydrogens (primary N) is 1. The summed E-state index contributed by atoms with van der Waals surface area (Å²) >= 11 is 0. The van der Waals surface area contributed by atoms with Gasteiger partial charge in [-0.15, -0.1) is 0 Å². The van der Waals surface area contributed by atoms with Crippen molar-refractivity contribution in [2.75, 3.05) is 6.54 Å². The van der Waals surface area contributed by atoms with Crippen molar-refractivity contribution in [2.24, 2.45) is 5.73 Å². The molecule has 0 radical (unpaired) electrons. The molecule has 0 aromatic heterocycles. The van der Waals surface area contributed by atoms with Crippen LogP contribution in [0.25, 0.3) is 0 Å². The van der Waals surface area contributed by atoms with Gasteiger partial charge in [-0.25, -0.2) is 4.79 Å². The minimum Gasteiger partial charge on any atom is -0.478 e. The van der Waals surface area contributed by atoms with Gasteiger partial charge in [-0.1, -0.05) is 47.1 Å². The fraction of sp³-hybridized carbons (Fsp3) is 0.476. The van der Waals surface area contributed by atoms with Gasteiger partial charge in [0.05, 0.1) is 0 Å². The van der Waals surface area contributed by atoms with Gasteiger partial charge in [0.15, 0.2) is 0 Å². The zero-order chi connectivity index (χ0) is 18.4. The quantitative estimate of drug-likeness (QED) is 0.306. The second-order valence-corrected chi connectivity index (χ2v) is 6.32. The number of aliphatic carboxylic acids is 1. The third kappa shape index (κ3) is 13.8. The van der Waals surface area contributed by atoms with E-state index in [1.54, 1.807) is 6.92 Å². The molecular weight excluding hydrogens is 298 g/mol. The number of allylic oxidation sites excluding steroid dienone is 8.